The van der Waals surface area contributed by atoms with Gasteiger partial charge in [-0.15, -0.1) is 0 Å². The first kappa shape index (κ1) is 14.1. The fourth-order valence-corrected chi connectivity index (χ4v) is 0.960. The van der Waals surface area contributed by atoms with Gasteiger partial charge in [-0.25, -0.2) is 0 Å². The summed E-state index contributed by atoms with van der Waals surface area (Å²) in [5.74, 6) is 0. The maximum atomic E-state index is 8.97. The Kier molecular flexibility index (Phi) is 9.01. The van der Waals surface area contributed by atoms with Crippen molar-refractivity contribution in [2.45, 2.75) is 20.1 Å². The van der Waals surface area contributed by atoms with Crippen molar-refractivity contribution >= 4 is 0 Å². The lowest BCUT2D eigenvalue weighted by Gasteiger charge is -2.06. The number of hydrogen-bond acceptors (Lipinski definition) is 4. The number of aliphatic hydroxyl groups is 1. The summed E-state index contributed by atoms with van der Waals surface area (Å²) in [5.41, 5.74) is 2.38. The first-order valence-electron chi connectivity index (χ1n) is 5.09. The van der Waals surface area contributed by atoms with Gasteiger partial charge in [0.25, 0.3) is 0 Å². The first-order valence-corrected chi connectivity index (χ1v) is 5.09. The Bertz CT molecular complexity index is 227. The molecule has 15 heavy (non-hydrogen) atoms. The molecule has 1 aromatic rings. The molecule has 0 aromatic heterocycles. The molecule has 4 nitrogen and oxygen atoms in total. The van der Waals surface area contributed by atoms with Gasteiger partial charge in [0.1, 0.15) is 0 Å². The summed E-state index contributed by atoms with van der Waals surface area (Å²) in [7, 11) is 0. The van der Waals surface area contributed by atoms with E-state index in [4.69, 9.17) is 10.3 Å². The minimum absolute atomic E-state index is 0.644. The molecule has 0 aliphatic carbocycles. The molecule has 0 heterocycles. The molecule has 0 radical (unpaired) electrons. The molecule has 86 valence electrons. The second-order valence-electron chi connectivity index (χ2n) is 2.90. The van der Waals surface area contributed by atoms with Crippen LogP contribution in [-0.2, 0) is 0 Å². The highest BCUT2D eigenvalue weighted by Gasteiger charge is 2.01. The van der Waals surface area contributed by atoms with Gasteiger partial charge in [0.15, 0.2) is 6.23 Å². The zero-order valence-electron chi connectivity index (χ0n) is 9.27. The van der Waals surface area contributed by atoms with Crippen LogP contribution in [0.1, 0.15) is 25.6 Å². The highest BCUT2D eigenvalue weighted by Crippen LogP contribution is 2.06. The zero-order valence-corrected chi connectivity index (χ0v) is 9.27. The third-order valence-electron chi connectivity index (χ3n) is 1.74. The molecule has 1 atom stereocenters. The second-order valence-corrected chi connectivity index (χ2v) is 2.90. The van der Waals surface area contributed by atoms with Gasteiger partial charge in [0.05, 0.1) is 0 Å². The van der Waals surface area contributed by atoms with E-state index in [1.54, 1.807) is 29.7 Å². The molecular formula is C11H20N2O2. The van der Waals surface area contributed by atoms with E-state index in [9.17, 15) is 0 Å². The lowest BCUT2D eigenvalue weighted by atomic mass is 10.2. The van der Waals surface area contributed by atoms with E-state index in [-0.39, 0.29) is 0 Å². The average Bonchev–Trinajstić information content (AvgIpc) is 2.31. The molecule has 4 N–H and O–H groups in total. The van der Waals surface area contributed by atoms with Crippen LogP contribution in [0.2, 0.25) is 0 Å². The number of hydrogen-bond donors (Lipinski definition) is 4. The highest BCUT2D eigenvalue weighted by molar-refractivity contribution is 5.16. The van der Waals surface area contributed by atoms with Crippen molar-refractivity contribution < 1.29 is 10.3 Å². The second kappa shape index (κ2) is 9.61. The summed E-state index contributed by atoms with van der Waals surface area (Å²) in [6, 6.07) is 8.85. The van der Waals surface area contributed by atoms with E-state index in [0.29, 0.717) is 5.56 Å². The summed E-state index contributed by atoms with van der Waals surface area (Å²) in [6.07, 6.45) is -0.985. The van der Waals surface area contributed by atoms with Gasteiger partial charge in [0.2, 0.25) is 0 Å². The van der Waals surface area contributed by atoms with E-state index >= 15 is 0 Å². The van der Waals surface area contributed by atoms with Crippen LogP contribution >= 0.6 is 0 Å². The predicted molar refractivity (Wildman–Crippen MR) is 60.5 cm³/mol. The van der Waals surface area contributed by atoms with Crippen molar-refractivity contribution in [1.82, 2.24) is 10.8 Å². The Morgan fingerprint density at radius 3 is 2.00 bits per heavy atom. The van der Waals surface area contributed by atoms with Crippen LogP contribution in [0.25, 0.3) is 0 Å². The monoisotopic (exact) mass is 212 g/mol. The van der Waals surface area contributed by atoms with Crippen molar-refractivity contribution in [3.05, 3.63) is 35.9 Å². The molecule has 1 unspecified atom stereocenters. The zero-order chi connectivity index (χ0) is 11.5. The normalized spacial score (nSPS) is 11.5. The Balaban J connectivity index is 0.000000336. The molecule has 0 fully saturated rings. The lowest BCUT2D eigenvalue weighted by molar-refractivity contribution is 0.000702. The van der Waals surface area contributed by atoms with Gasteiger partial charge in [0, 0.05) is 0 Å². The number of aliphatic hydroxyl groups excluding tert-OH is 1. The van der Waals surface area contributed by atoms with E-state index in [1.165, 1.54) is 0 Å². The number of nitrogens with one attached hydrogen (secondary N) is 2. The molecular weight excluding hydrogens is 192 g/mol. The van der Waals surface area contributed by atoms with Crippen LogP contribution in [0.3, 0.4) is 0 Å². The van der Waals surface area contributed by atoms with Crippen LogP contribution in [0.4, 0.5) is 0 Å². The van der Waals surface area contributed by atoms with Crippen LogP contribution < -0.4 is 10.8 Å². The summed E-state index contributed by atoms with van der Waals surface area (Å²) >= 11 is 0. The molecule has 0 aliphatic rings. The SMILES string of the molecule is CCNCC.ONC(O)c1ccccc1. The Hall–Kier alpha value is -0.940. The number of benzene rings is 1. The standard InChI is InChI=1S/C7H9NO2.C4H11N/c9-7(8-10)6-4-2-1-3-5-6;1-3-5-4-2/h1-5,7-10H;5H,3-4H2,1-2H3. The Morgan fingerprint density at radius 1 is 1.13 bits per heavy atom. The fraction of sp³-hybridized carbons (Fsp3) is 0.455. The minimum atomic E-state index is -0.985. The van der Waals surface area contributed by atoms with Crippen molar-refractivity contribution in [1.29, 1.82) is 0 Å². The van der Waals surface area contributed by atoms with Crippen molar-refractivity contribution in [3.63, 3.8) is 0 Å². The molecule has 0 amide bonds. The number of hydroxylamine groups is 1. The Morgan fingerprint density at radius 2 is 1.67 bits per heavy atom. The van der Waals surface area contributed by atoms with E-state index in [0.717, 1.165) is 13.1 Å². The molecule has 0 bridgehead atoms. The van der Waals surface area contributed by atoms with E-state index < -0.39 is 6.23 Å². The van der Waals surface area contributed by atoms with Crippen LogP contribution in [0.15, 0.2) is 30.3 Å². The third-order valence-corrected chi connectivity index (χ3v) is 1.74. The topological polar surface area (TPSA) is 64.5 Å². The Labute approximate surface area is 90.9 Å². The summed E-state index contributed by atoms with van der Waals surface area (Å²) in [5, 5.41) is 20.4. The van der Waals surface area contributed by atoms with Crippen LogP contribution in [-0.4, -0.2) is 23.4 Å². The predicted octanol–water partition coefficient (Wildman–Crippen LogP) is 1.27. The van der Waals surface area contributed by atoms with Crippen LogP contribution in [0, 0.1) is 0 Å². The smallest absolute Gasteiger partial charge is 0.152 e. The quantitative estimate of drug-likeness (QED) is 0.448. The summed E-state index contributed by atoms with van der Waals surface area (Å²) in [6.45, 7) is 6.39. The van der Waals surface area contributed by atoms with Gasteiger partial charge in [-0.05, 0) is 18.7 Å². The largest absolute Gasteiger partial charge is 0.372 e. The molecule has 1 rings (SSSR count). The van der Waals surface area contributed by atoms with Gasteiger partial charge < -0.3 is 15.6 Å². The van der Waals surface area contributed by atoms with Gasteiger partial charge in [-0.3, -0.25) is 0 Å². The maximum Gasteiger partial charge on any atom is 0.152 e. The van der Waals surface area contributed by atoms with E-state index in [1.807, 2.05) is 6.07 Å². The highest BCUT2D eigenvalue weighted by atomic mass is 16.5. The van der Waals surface area contributed by atoms with Gasteiger partial charge in [-0.1, -0.05) is 44.2 Å². The van der Waals surface area contributed by atoms with Crippen molar-refractivity contribution in [2.75, 3.05) is 13.1 Å². The summed E-state index contributed by atoms with van der Waals surface area (Å²) < 4.78 is 0. The average molecular weight is 212 g/mol. The lowest BCUT2D eigenvalue weighted by Crippen LogP contribution is -2.15. The molecule has 4 heteroatoms. The maximum absolute atomic E-state index is 8.97. The van der Waals surface area contributed by atoms with Crippen LogP contribution in [0.5, 0.6) is 0 Å². The van der Waals surface area contributed by atoms with E-state index in [2.05, 4.69) is 19.2 Å². The molecule has 0 saturated heterocycles. The molecule has 1 aromatic carbocycles. The molecule has 0 spiro atoms. The fourth-order valence-electron chi connectivity index (χ4n) is 0.960. The van der Waals surface area contributed by atoms with Gasteiger partial charge >= 0.3 is 0 Å². The number of rotatable bonds is 4. The molecule has 0 saturated carbocycles. The van der Waals surface area contributed by atoms with Gasteiger partial charge in [-0.2, -0.15) is 5.48 Å². The van der Waals surface area contributed by atoms with Crippen molar-refractivity contribution in [3.8, 4) is 0 Å². The third kappa shape index (κ3) is 7.04. The minimum Gasteiger partial charge on any atom is -0.372 e. The molecule has 0 aliphatic heterocycles. The van der Waals surface area contributed by atoms with Crippen molar-refractivity contribution in [2.24, 2.45) is 0 Å². The first-order chi connectivity index (χ1) is 7.26. The summed E-state index contributed by atoms with van der Waals surface area (Å²) in [4.78, 5) is 0.